The molecule has 4 nitrogen and oxygen atoms in total. The molecule has 0 bridgehead atoms. The maximum atomic E-state index is 10.6. The van der Waals surface area contributed by atoms with E-state index in [4.69, 9.17) is 10.2 Å². The van der Waals surface area contributed by atoms with Crippen molar-refractivity contribution >= 4 is 9.84 Å². The number of aliphatic hydroxyl groups is 2. The van der Waals surface area contributed by atoms with Gasteiger partial charge in [-0.2, -0.15) is 0 Å². The topological polar surface area (TPSA) is 74.6 Å². The molecule has 0 saturated carbocycles. The molecule has 0 aliphatic rings. The minimum absolute atomic E-state index is 0.144. The number of hydrogen-bond acceptors (Lipinski definition) is 4. The molecule has 0 fully saturated rings. The summed E-state index contributed by atoms with van der Waals surface area (Å²) in [6.07, 6.45) is 2.04. The summed E-state index contributed by atoms with van der Waals surface area (Å²) in [5.41, 5.74) is 0. The second kappa shape index (κ2) is 3.70. The Morgan fingerprint density at radius 3 is 2.10 bits per heavy atom. The smallest absolute Gasteiger partial charge is 0.173 e. The molecule has 0 atom stereocenters. The summed E-state index contributed by atoms with van der Waals surface area (Å²) < 4.78 is 21.2. The van der Waals surface area contributed by atoms with Gasteiger partial charge in [0.1, 0.15) is 0 Å². The third-order valence-electron chi connectivity index (χ3n) is 0.951. The molecular weight excluding hydrogens is 156 g/mol. The normalized spacial score (nSPS) is 13.7. The lowest BCUT2D eigenvalue weighted by molar-refractivity contribution is 0.325. The number of sulfone groups is 1. The Kier molecular flexibility index (Phi) is 3.55. The molecule has 0 spiro atoms. The molecule has 2 N–H and O–H groups in total. The van der Waals surface area contributed by atoms with Gasteiger partial charge in [-0.05, 0) is 6.08 Å². The molecule has 60 valence electrons. The predicted molar refractivity (Wildman–Crippen MR) is 37.1 cm³/mol. The van der Waals surface area contributed by atoms with Crippen LogP contribution in [0.1, 0.15) is 0 Å². The van der Waals surface area contributed by atoms with Crippen LogP contribution in [0.3, 0.4) is 0 Å². The molecule has 0 aromatic rings. The molecule has 0 aliphatic carbocycles. The zero-order valence-corrected chi connectivity index (χ0v) is 6.43. The molecule has 0 radical (unpaired) electrons. The maximum absolute atomic E-state index is 10.6. The van der Waals surface area contributed by atoms with Crippen molar-refractivity contribution in [1.29, 1.82) is 0 Å². The standard InChI is InChI=1S/C5H10O4S/c1-10(8,9)5(4-7)2-3-6/h2,6-7H,3-4H2,1H3. The molecule has 0 heterocycles. The highest BCUT2D eigenvalue weighted by atomic mass is 32.2. The van der Waals surface area contributed by atoms with Gasteiger partial charge < -0.3 is 10.2 Å². The van der Waals surface area contributed by atoms with Gasteiger partial charge in [-0.15, -0.1) is 0 Å². The van der Waals surface area contributed by atoms with Gasteiger partial charge in [-0.3, -0.25) is 0 Å². The molecule has 0 amide bonds. The largest absolute Gasteiger partial charge is 0.392 e. The first-order chi connectivity index (χ1) is 4.52. The SMILES string of the molecule is CS(=O)(=O)C(=CCO)CO. The minimum Gasteiger partial charge on any atom is -0.392 e. The van der Waals surface area contributed by atoms with Crippen LogP contribution in [0, 0.1) is 0 Å². The van der Waals surface area contributed by atoms with Crippen LogP contribution in [0.4, 0.5) is 0 Å². The first kappa shape index (κ1) is 9.61. The molecular formula is C5H10O4S. The quantitative estimate of drug-likeness (QED) is 0.558. The molecule has 0 rings (SSSR count). The first-order valence-electron chi connectivity index (χ1n) is 2.63. The Balaban J connectivity index is 4.54. The fourth-order valence-electron chi connectivity index (χ4n) is 0.435. The fraction of sp³-hybridized carbons (Fsp3) is 0.600. The van der Waals surface area contributed by atoms with E-state index >= 15 is 0 Å². The van der Waals surface area contributed by atoms with E-state index in [2.05, 4.69) is 0 Å². The van der Waals surface area contributed by atoms with Gasteiger partial charge in [0.2, 0.25) is 0 Å². The molecule has 10 heavy (non-hydrogen) atoms. The molecule has 0 aromatic heterocycles. The second-order valence-electron chi connectivity index (χ2n) is 1.78. The van der Waals surface area contributed by atoms with Crippen LogP contribution >= 0.6 is 0 Å². The van der Waals surface area contributed by atoms with E-state index in [1.807, 2.05) is 0 Å². The van der Waals surface area contributed by atoms with Gasteiger partial charge >= 0.3 is 0 Å². The van der Waals surface area contributed by atoms with Crippen LogP contribution in [0.5, 0.6) is 0 Å². The maximum Gasteiger partial charge on any atom is 0.173 e. The minimum atomic E-state index is -3.33. The van der Waals surface area contributed by atoms with E-state index in [0.717, 1.165) is 12.3 Å². The van der Waals surface area contributed by atoms with Crippen molar-refractivity contribution in [3.8, 4) is 0 Å². The van der Waals surface area contributed by atoms with Crippen molar-refractivity contribution in [2.75, 3.05) is 19.5 Å². The Labute approximate surface area is 59.7 Å². The fourth-order valence-corrected chi connectivity index (χ4v) is 1.05. The Bertz CT molecular complexity index is 214. The zero-order valence-electron chi connectivity index (χ0n) is 5.61. The van der Waals surface area contributed by atoms with Gasteiger partial charge in [0.15, 0.2) is 9.84 Å². The zero-order chi connectivity index (χ0) is 8.20. The van der Waals surface area contributed by atoms with Crippen LogP contribution in [0.2, 0.25) is 0 Å². The lowest BCUT2D eigenvalue weighted by Crippen LogP contribution is -2.05. The molecule has 0 saturated heterocycles. The van der Waals surface area contributed by atoms with Gasteiger partial charge in [0, 0.05) is 6.26 Å². The third-order valence-corrected chi connectivity index (χ3v) is 2.20. The average molecular weight is 166 g/mol. The number of rotatable bonds is 3. The summed E-state index contributed by atoms with van der Waals surface area (Å²) in [7, 11) is -3.33. The van der Waals surface area contributed by atoms with Crippen molar-refractivity contribution in [3.05, 3.63) is 11.0 Å². The lowest BCUT2D eigenvalue weighted by Gasteiger charge is -1.97. The van der Waals surface area contributed by atoms with Crippen LogP contribution in [-0.4, -0.2) is 38.1 Å². The van der Waals surface area contributed by atoms with Crippen molar-refractivity contribution in [2.24, 2.45) is 0 Å². The number of hydrogen-bond donors (Lipinski definition) is 2. The monoisotopic (exact) mass is 166 g/mol. The first-order valence-corrected chi connectivity index (χ1v) is 4.52. The van der Waals surface area contributed by atoms with Gasteiger partial charge in [0.25, 0.3) is 0 Å². The van der Waals surface area contributed by atoms with Gasteiger partial charge in [0.05, 0.1) is 18.1 Å². The van der Waals surface area contributed by atoms with Crippen LogP contribution in [0.25, 0.3) is 0 Å². The van der Waals surface area contributed by atoms with Crippen LogP contribution in [-0.2, 0) is 9.84 Å². The van der Waals surface area contributed by atoms with E-state index in [0.29, 0.717) is 0 Å². The van der Waals surface area contributed by atoms with Crippen molar-refractivity contribution in [3.63, 3.8) is 0 Å². The van der Waals surface area contributed by atoms with E-state index in [1.165, 1.54) is 0 Å². The summed E-state index contributed by atoms with van der Waals surface area (Å²) in [6, 6.07) is 0. The van der Waals surface area contributed by atoms with Gasteiger partial charge in [-0.1, -0.05) is 0 Å². The number of aliphatic hydroxyl groups excluding tert-OH is 2. The summed E-state index contributed by atoms with van der Waals surface area (Å²) >= 11 is 0. The Morgan fingerprint density at radius 1 is 1.50 bits per heavy atom. The third kappa shape index (κ3) is 2.95. The van der Waals surface area contributed by atoms with Crippen LogP contribution in [0.15, 0.2) is 11.0 Å². The van der Waals surface area contributed by atoms with Crippen LogP contribution < -0.4 is 0 Å². The highest BCUT2D eigenvalue weighted by Crippen LogP contribution is 2.01. The molecule has 0 unspecified atom stereocenters. The second-order valence-corrected chi connectivity index (χ2v) is 3.85. The van der Waals surface area contributed by atoms with Crippen molar-refractivity contribution < 1.29 is 18.6 Å². The summed E-state index contributed by atoms with van der Waals surface area (Å²) in [5.74, 6) is 0. The molecule has 0 aromatic carbocycles. The van der Waals surface area contributed by atoms with E-state index in [9.17, 15) is 8.42 Å². The van der Waals surface area contributed by atoms with E-state index in [1.54, 1.807) is 0 Å². The summed E-state index contributed by atoms with van der Waals surface area (Å²) in [6.45, 7) is -0.928. The summed E-state index contributed by atoms with van der Waals surface area (Å²) in [5, 5.41) is 16.7. The Morgan fingerprint density at radius 2 is 2.00 bits per heavy atom. The molecule has 0 aliphatic heterocycles. The molecule has 5 heteroatoms. The van der Waals surface area contributed by atoms with Gasteiger partial charge in [-0.25, -0.2) is 8.42 Å². The van der Waals surface area contributed by atoms with E-state index < -0.39 is 16.4 Å². The highest BCUT2D eigenvalue weighted by Gasteiger charge is 2.07. The lowest BCUT2D eigenvalue weighted by atomic mass is 10.5. The highest BCUT2D eigenvalue weighted by molar-refractivity contribution is 7.94. The van der Waals surface area contributed by atoms with Crippen molar-refractivity contribution in [2.45, 2.75) is 0 Å². The summed E-state index contributed by atoms with van der Waals surface area (Å²) in [4.78, 5) is -0.144. The predicted octanol–water partition coefficient (Wildman–Crippen LogP) is -1.10. The average Bonchev–Trinajstić information content (AvgIpc) is 1.80. The van der Waals surface area contributed by atoms with Crippen molar-refractivity contribution in [1.82, 2.24) is 0 Å². The van der Waals surface area contributed by atoms with E-state index in [-0.39, 0.29) is 11.5 Å². The Hall–Kier alpha value is -0.390.